The lowest BCUT2D eigenvalue weighted by molar-refractivity contribution is 1.04. The predicted molar refractivity (Wildman–Crippen MR) is 108 cm³/mol. The summed E-state index contributed by atoms with van der Waals surface area (Å²) in [7, 11) is 0. The van der Waals surface area contributed by atoms with Gasteiger partial charge in [0.05, 0.1) is 0 Å². The fraction of sp³-hybridized carbons (Fsp3) is 0. The molecule has 3 nitrogen and oxygen atoms in total. The van der Waals surface area contributed by atoms with E-state index < -0.39 is 0 Å². The first kappa shape index (κ1) is 16.3. The normalized spacial score (nSPS) is 10.5. The zero-order chi connectivity index (χ0) is 17.8. The SMILES string of the molecule is Clc1cccc(Nc2cc(-c3ccccc3)c(-c3ccccc3)nn2)c1. The van der Waals surface area contributed by atoms with Crippen molar-refractivity contribution in [2.45, 2.75) is 0 Å². The van der Waals surface area contributed by atoms with Crippen molar-refractivity contribution in [2.24, 2.45) is 0 Å². The summed E-state index contributed by atoms with van der Waals surface area (Å²) in [4.78, 5) is 0. The standard InChI is InChI=1S/C22H16ClN3/c23-18-12-7-13-19(14-18)24-21-15-20(16-8-3-1-4-9-16)22(26-25-21)17-10-5-2-6-11-17/h1-15H,(H,24,25). The van der Waals surface area contributed by atoms with Gasteiger partial charge in [-0.2, -0.15) is 0 Å². The maximum atomic E-state index is 6.07. The zero-order valence-corrected chi connectivity index (χ0v) is 14.7. The van der Waals surface area contributed by atoms with Crippen molar-refractivity contribution in [2.75, 3.05) is 5.32 Å². The summed E-state index contributed by atoms with van der Waals surface area (Å²) in [6.45, 7) is 0. The van der Waals surface area contributed by atoms with Crippen molar-refractivity contribution >= 4 is 23.1 Å². The molecule has 4 aromatic rings. The van der Waals surface area contributed by atoms with Gasteiger partial charge in [0.25, 0.3) is 0 Å². The van der Waals surface area contributed by atoms with Crippen molar-refractivity contribution < 1.29 is 0 Å². The van der Waals surface area contributed by atoms with Gasteiger partial charge in [0.1, 0.15) is 5.69 Å². The van der Waals surface area contributed by atoms with E-state index in [-0.39, 0.29) is 0 Å². The molecule has 126 valence electrons. The van der Waals surface area contributed by atoms with Gasteiger partial charge in [0.2, 0.25) is 0 Å². The van der Waals surface area contributed by atoms with E-state index in [0.717, 1.165) is 28.1 Å². The molecule has 1 heterocycles. The Morgan fingerprint density at radius 3 is 2.04 bits per heavy atom. The largest absolute Gasteiger partial charge is 0.339 e. The Morgan fingerprint density at radius 1 is 0.654 bits per heavy atom. The third-order valence-corrected chi connectivity index (χ3v) is 4.26. The molecule has 0 amide bonds. The van der Waals surface area contributed by atoms with Crippen LogP contribution in [0.5, 0.6) is 0 Å². The third kappa shape index (κ3) is 3.58. The van der Waals surface area contributed by atoms with Crippen LogP contribution in [0, 0.1) is 0 Å². The fourth-order valence-electron chi connectivity index (χ4n) is 2.81. The second-order valence-corrected chi connectivity index (χ2v) is 6.30. The lowest BCUT2D eigenvalue weighted by Crippen LogP contribution is -1.99. The van der Waals surface area contributed by atoms with Gasteiger partial charge in [0, 0.05) is 21.8 Å². The molecule has 0 spiro atoms. The van der Waals surface area contributed by atoms with Crippen LogP contribution in [0.25, 0.3) is 22.4 Å². The molecule has 26 heavy (non-hydrogen) atoms. The molecule has 0 unspecified atom stereocenters. The number of benzene rings is 3. The number of hydrogen-bond donors (Lipinski definition) is 1. The molecular formula is C22H16ClN3. The van der Waals surface area contributed by atoms with Gasteiger partial charge in [-0.1, -0.05) is 78.3 Å². The van der Waals surface area contributed by atoms with Gasteiger partial charge in [-0.05, 0) is 29.8 Å². The van der Waals surface area contributed by atoms with Crippen molar-refractivity contribution in [3.63, 3.8) is 0 Å². The lowest BCUT2D eigenvalue weighted by Gasteiger charge is -2.12. The van der Waals surface area contributed by atoms with Crippen LogP contribution in [0.15, 0.2) is 91.0 Å². The molecule has 1 aromatic heterocycles. The minimum atomic E-state index is 0.672. The van der Waals surface area contributed by atoms with E-state index in [9.17, 15) is 0 Å². The average Bonchev–Trinajstić information content (AvgIpc) is 2.69. The van der Waals surface area contributed by atoms with E-state index >= 15 is 0 Å². The van der Waals surface area contributed by atoms with Crippen molar-refractivity contribution in [3.05, 3.63) is 96.0 Å². The predicted octanol–water partition coefficient (Wildman–Crippen LogP) is 6.21. The zero-order valence-electron chi connectivity index (χ0n) is 13.9. The number of rotatable bonds is 4. The molecule has 4 heteroatoms. The Labute approximate surface area is 157 Å². The molecule has 0 bridgehead atoms. The quantitative estimate of drug-likeness (QED) is 0.472. The summed E-state index contributed by atoms with van der Waals surface area (Å²) < 4.78 is 0. The van der Waals surface area contributed by atoms with Gasteiger partial charge < -0.3 is 5.32 Å². The van der Waals surface area contributed by atoms with Crippen molar-refractivity contribution in [3.8, 4) is 22.4 Å². The van der Waals surface area contributed by atoms with Crippen LogP contribution in [0.1, 0.15) is 0 Å². The summed E-state index contributed by atoms with van der Waals surface area (Å²) in [6, 6.07) is 29.8. The Bertz CT molecular complexity index is 1020. The van der Waals surface area contributed by atoms with E-state index in [4.69, 9.17) is 11.6 Å². The van der Waals surface area contributed by atoms with Crippen LogP contribution >= 0.6 is 11.6 Å². The molecule has 0 saturated heterocycles. The highest BCUT2D eigenvalue weighted by Gasteiger charge is 2.11. The molecular weight excluding hydrogens is 342 g/mol. The minimum Gasteiger partial charge on any atom is -0.339 e. The molecule has 3 aromatic carbocycles. The third-order valence-electron chi connectivity index (χ3n) is 4.02. The van der Waals surface area contributed by atoms with Crippen LogP contribution in [0.3, 0.4) is 0 Å². The van der Waals surface area contributed by atoms with Crippen molar-refractivity contribution in [1.29, 1.82) is 0 Å². The summed E-state index contributed by atoms with van der Waals surface area (Å²) in [5.74, 6) is 0.672. The maximum absolute atomic E-state index is 6.07. The van der Waals surface area contributed by atoms with E-state index in [1.165, 1.54) is 0 Å². The Kier molecular flexibility index (Phi) is 4.63. The number of nitrogens with zero attached hydrogens (tertiary/aromatic N) is 2. The highest BCUT2D eigenvalue weighted by atomic mass is 35.5. The lowest BCUT2D eigenvalue weighted by atomic mass is 10.00. The van der Waals surface area contributed by atoms with Gasteiger partial charge in [-0.25, -0.2) is 0 Å². The van der Waals surface area contributed by atoms with Crippen LogP contribution in [0.2, 0.25) is 5.02 Å². The first-order chi connectivity index (χ1) is 12.8. The van der Waals surface area contributed by atoms with E-state index in [1.807, 2.05) is 78.9 Å². The Hall–Kier alpha value is -3.17. The molecule has 0 aliphatic rings. The van der Waals surface area contributed by atoms with E-state index in [0.29, 0.717) is 10.8 Å². The highest BCUT2D eigenvalue weighted by Crippen LogP contribution is 2.32. The molecule has 0 fully saturated rings. The van der Waals surface area contributed by atoms with Gasteiger partial charge in [0.15, 0.2) is 5.82 Å². The topological polar surface area (TPSA) is 37.8 Å². The summed E-state index contributed by atoms with van der Waals surface area (Å²) in [5, 5.41) is 12.8. The molecule has 4 rings (SSSR count). The molecule has 0 radical (unpaired) electrons. The second kappa shape index (κ2) is 7.38. The van der Waals surface area contributed by atoms with E-state index in [1.54, 1.807) is 0 Å². The van der Waals surface area contributed by atoms with Gasteiger partial charge in [-0.3, -0.25) is 0 Å². The van der Waals surface area contributed by atoms with Gasteiger partial charge >= 0.3 is 0 Å². The van der Waals surface area contributed by atoms with Crippen LogP contribution in [-0.2, 0) is 0 Å². The van der Waals surface area contributed by atoms with Crippen LogP contribution in [-0.4, -0.2) is 10.2 Å². The fourth-order valence-corrected chi connectivity index (χ4v) is 3.00. The maximum Gasteiger partial charge on any atom is 0.153 e. The summed E-state index contributed by atoms with van der Waals surface area (Å²) in [6.07, 6.45) is 0. The molecule has 0 aliphatic carbocycles. The Balaban J connectivity index is 1.79. The first-order valence-electron chi connectivity index (χ1n) is 8.31. The van der Waals surface area contributed by atoms with E-state index in [2.05, 4.69) is 27.6 Å². The second-order valence-electron chi connectivity index (χ2n) is 5.86. The highest BCUT2D eigenvalue weighted by molar-refractivity contribution is 6.30. The average molecular weight is 358 g/mol. The van der Waals surface area contributed by atoms with Crippen molar-refractivity contribution in [1.82, 2.24) is 10.2 Å². The number of anilines is 2. The number of halogens is 1. The number of aromatic nitrogens is 2. The Morgan fingerprint density at radius 2 is 1.35 bits per heavy atom. The molecule has 0 atom stereocenters. The number of hydrogen-bond acceptors (Lipinski definition) is 3. The minimum absolute atomic E-state index is 0.672. The smallest absolute Gasteiger partial charge is 0.153 e. The molecule has 0 aliphatic heterocycles. The molecule has 0 saturated carbocycles. The summed E-state index contributed by atoms with van der Waals surface area (Å²) in [5.41, 5.74) is 4.88. The summed E-state index contributed by atoms with van der Waals surface area (Å²) >= 11 is 6.07. The van der Waals surface area contributed by atoms with Gasteiger partial charge in [-0.15, -0.1) is 10.2 Å². The monoisotopic (exact) mass is 357 g/mol. The molecule has 1 N–H and O–H groups in total. The number of nitrogens with one attached hydrogen (secondary N) is 1. The van der Waals surface area contributed by atoms with Crippen LogP contribution < -0.4 is 5.32 Å². The first-order valence-corrected chi connectivity index (χ1v) is 8.68. The van der Waals surface area contributed by atoms with Crippen LogP contribution in [0.4, 0.5) is 11.5 Å².